The summed E-state index contributed by atoms with van der Waals surface area (Å²) in [5.41, 5.74) is 3.04. The molecule has 0 aliphatic carbocycles. The molecule has 1 saturated heterocycles. The Morgan fingerprint density at radius 3 is 2.08 bits per heavy atom. The highest BCUT2D eigenvalue weighted by Crippen LogP contribution is 2.44. The number of imide groups is 1. The number of aliphatic hydroxyl groups excluding tert-OH is 1. The van der Waals surface area contributed by atoms with E-state index in [0.29, 0.717) is 23.5 Å². The van der Waals surface area contributed by atoms with E-state index in [1.165, 1.54) is 17.2 Å². The number of amides is 3. The number of aliphatic hydroxyl groups is 1. The van der Waals surface area contributed by atoms with E-state index in [4.69, 9.17) is 23.8 Å². The summed E-state index contributed by atoms with van der Waals surface area (Å²) in [6.45, 7) is 1.81. The van der Waals surface area contributed by atoms with Crippen LogP contribution in [0.25, 0.3) is 11.2 Å². The SMILES string of the molecule is CCCCc1cccc2c1C(=O)N(O[C@H]1[C@@H](O)[C@H](n3cnc4c(NC(=O)c5ccccc5)ncnc43)O[C@@H]1COC(c1ccccc1)(c1ccc(OC)cc1)c1ccc(OC)cc1)C2=O. The van der Waals surface area contributed by atoms with Gasteiger partial charge in [0, 0.05) is 5.56 Å². The zero-order chi connectivity index (χ0) is 45.1. The van der Waals surface area contributed by atoms with Gasteiger partial charge >= 0.3 is 0 Å². The first-order chi connectivity index (χ1) is 31.7. The van der Waals surface area contributed by atoms with Crippen LogP contribution in [-0.4, -0.2) is 86.5 Å². The smallest absolute Gasteiger partial charge is 0.286 e. The van der Waals surface area contributed by atoms with Crippen LogP contribution in [0.15, 0.2) is 140 Å². The minimum Gasteiger partial charge on any atom is -0.497 e. The molecule has 0 unspecified atom stereocenters. The van der Waals surface area contributed by atoms with Crippen molar-refractivity contribution in [3.05, 3.63) is 179 Å². The highest BCUT2D eigenvalue weighted by atomic mass is 16.7. The molecule has 2 aliphatic rings. The number of nitrogens with one attached hydrogen (secondary N) is 1. The monoisotopic (exact) mass is 874 g/mol. The summed E-state index contributed by atoms with van der Waals surface area (Å²) < 4.78 is 26.5. The molecule has 0 spiro atoms. The van der Waals surface area contributed by atoms with Gasteiger partial charge in [0.15, 0.2) is 23.2 Å². The number of imidazole rings is 1. The maximum atomic E-state index is 14.2. The first kappa shape index (κ1) is 43.0. The number of benzene rings is 5. The molecule has 9 rings (SSSR count). The molecular formula is C50H46N6O9. The minimum absolute atomic E-state index is 0.138. The molecule has 5 aromatic carbocycles. The lowest BCUT2D eigenvalue weighted by Crippen LogP contribution is -2.45. The number of carbonyl (C=O) groups is 3. The van der Waals surface area contributed by atoms with Crippen LogP contribution in [0.4, 0.5) is 5.82 Å². The number of carbonyl (C=O) groups excluding carboxylic acids is 3. The summed E-state index contributed by atoms with van der Waals surface area (Å²) in [6, 6.07) is 38.5. The lowest BCUT2D eigenvalue weighted by molar-refractivity contribution is -0.177. The third kappa shape index (κ3) is 7.99. The van der Waals surface area contributed by atoms with Crippen molar-refractivity contribution in [2.24, 2.45) is 0 Å². The molecule has 4 atom stereocenters. The summed E-state index contributed by atoms with van der Waals surface area (Å²) in [5.74, 6) is -0.282. The topological polar surface area (TPSA) is 176 Å². The fourth-order valence-electron chi connectivity index (χ4n) is 8.52. The predicted octanol–water partition coefficient (Wildman–Crippen LogP) is 7.30. The van der Waals surface area contributed by atoms with Crippen molar-refractivity contribution in [2.75, 3.05) is 26.1 Å². The molecule has 65 heavy (non-hydrogen) atoms. The van der Waals surface area contributed by atoms with Crippen LogP contribution >= 0.6 is 0 Å². The molecule has 0 saturated carbocycles. The Labute approximate surface area is 374 Å². The molecule has 2 N–H and O–H groups in total. The number of methoxy groups -OCH3 is 2. The van der Waals surface area contributed by atoms with Crippen LogP contribution in [0.2, 0.25) is 0 Å². The molecule has 7 aromatic rings. The largest absolute Gasteiger partial charge is 0.497 e. The summed E-state index contributed by atoms with van der Waals surface area (Å²) in [5, 5.41) is 15.9. The van der Waals surface area contributed by atoms with Crippen molar-refractivity contribution < 1.29 is 43.3 Å². The Kier molecular flexibility index (Phi) is 12.2. The maximum absolute atomic E-state index is 14.2. The summed E-state index contributed by atoms with van der Waals surface area (Å²) in [6.07, 6.45) is -0.270. The zero-order valence-electron chi connectivity index (χ0n) is 35.9. The summed E-state index contributed by atoms with van der Waals surface area (Å²) in [4.78, 5) is 61.2. The highest BCUT2D eigenvalue weighted by molar-refractivity contribution is 6.21. The Balaban J connectivity index is 1.11. The van der Waals surface area contributed by atoms with Crippen LogP contribution in [0.3, 0.4) is 0 Å². The second-order valence-electron chi connectivity index (χ2n) is 15.7. The lowest BCUT2D eigenvalue weighted by atomic mass is 9.80. The predicted molar refractivity (Wildman–Crippen MR) is 238 cm³/mol. The molecule has 4 heterocycles. The standard InChI is InChI=1S/C50H46N6O9/c1-4-5-13-31-16-12-19-38-40(31)48(60)56(47(38)59)65-43-39(64-49(42(43)57)55-30-53-41-44(51-29-52-45(41)55)54-46(58)32-14-8-6-9-15-32)28-63-50(33-17-10-7-11-18-33,34-20-24-36(61-2)25-21-34)35-22-26-37(62-3)27-23-35/h6-12,14-27,29-30,39,42-43,49,57H,4-5,13,28H2,1-3H3,(H,51,52,54,58)/t39-,42-,43-,49-/m1/s1. The van der Waals surface area contributed by atoms with Gasteiger partial charge in [-0.05, 0) is 77.6 Å². The summed E-state index contributed by atoms with van der Waals surface area (Å²) >= 11 is 0. The molecule has 2 aromatic heterocycles. The normalized spacial score (nSPS) is 18.2. The minimum atomic E-state index is -1.53. The number of aromatic nitrogens is 4. The number of ether oxygens (including phenoxy) is 4. The van der Waals surface area contributed by atoms with E-state index < -0.39 is 47.9 Å². The van der Waals surface area contributed by atoms with Gasteiger partial charge in [-0.15, -0.1) is 5.06 Å². The second-order valence-corrected chi connectivity index (χ2v) is 15.7. The van der Waals surface area contributed by atoms with E-state index in [0.717, 1.165) is 40.2 Å². The van der Waals surface area contributed by atoms with Gasteiger partial charge in [-0.1, -0.05) is 98.3 Å². The van der Waals surface area contributed by atoms with E-state index >= 15 is 0 Å². The van der Waals surface area contributed by atoms with Crippen molar-refractivity contribution >= 4 is 34.7 Å². The second kappa shape index (κ2) is 18.4. The molecular weight excluding hydrogens is 829 g/mol. The molecule has 330 valence electrons. The Bertz CT molecular complexity index is 2770. The van der Waals surface area contributed by atoms with Crippen LogP contribution < -0.4 is 14.8 Å². The van der Waals surface area contributed by atoms with Crippen LogP contribution in [-0.2, 0) is 26.3 Å². The Morgan fingerprint density at radius 1 is 0.785 bits per heavy atom. The van der Waals surface area contributed by atoms with E-state index in [9.17, 15) is 19.5 Å². The van der Waals surface area contributed by atoms with Crippen molar-refractivity contribution in [1.82, 2.24) is 24.6 Å². The van der Waals surface area contributed by atoms with Crippen LogP contribution in [0, 0.1) is 0 Å². The average Bonchev–Trinajstić information content (AvgIpc) is 4.00. The maximum Gasteiger partial charge on any atom is 0.286 e. The van der Waals surface area contributed by atoms with E-state index in [2.05, 4.69) is 27.2 Å². The number of hydrogen-bond acceptors (Lipinski definition) is 12. The number of nitrogens with zero attached hydrogens (tertiary/aromatic N) is 5. The van der Waals surface area contributed by atoms with Gasteiger partial charge in [0.2, 0.25) is 0 Å². The molecule has 0 bridgehead atoms. The van der Waals surface area contributed by atoms with E-state index in [1.54, 1.807) is 50.6 Å². The molecule has 15 nitrogen and oxygen atoms in total. The number of hydrogen-bond donors (Lipinski definition) is 2. The van der Waals surface area contributed by atoms with Gasteiger partial charge in [-0.2, -0.15) is 0 Å². The van der Waals surface area contributed by atoms with Crippen molar-refractivity contribution in [3.63, 3.8) is 0 Å². The third-order valence-corrected chi connectivity index (χ3v) is 11.8. The number of fused-ring (bicyclic) bond motifs is 2. The van der Waals surface area contributed by atoms with Crippen LogP contribution in [0.5, 0.6) is 11.5 Å². The number of aryl methyl sites for hydroxylation is 1. The van der Waals surface area contributed by atoms with Crippen molar-refractivity contribution in [3.8, 4) is 11.5 Å². The molecule has 2 aliphatic heterocycles. The highest BCUT2D eigenvalue weighted by Gasteiger charge is 2.52. The molecule has 15 heteroatoms. The lowest BCUT2D eigenvalue weighted by Gasteiger charge is -2.37. The number of rotatable bonds is 16. The fraction of sp³-hybridized carbons (Fsp3) is 0.240. The molecule has 1 fully saturated rings. The average molecular weight is 875 g/mol. The van der Waals surface area contributed by atoms with Gasteiger partial charge in [0.1, 0.15) is 41.7 Å². The van der Waals surface area contributed by atoms with Gasteiger partial charge < -0.3 is 29.4 Å². The van der Waals surface area contributed by atoms with Gasteiger partial charge in [0.25, 0.3) is 17.7 Å². The van der Waals surface area contributed by atoms with Gasteiger partial charge in [-0.25, -0.2) is 15.0 Å². The summed E-state index contributed by atoms with van der Waals surface area (Å²) in [7, 11) is 3.19. The van der Waals surface area contributed by atoms with E-state index in [1.807, 2.05) is 91.0 Å². The first-order valence-corrected chi connectivity index (χ1v) is 21.3. The van der Waals surface area contributed by atoms with E-state index in [-0.39, 0.29) is 34.7 Å². The molecule has 0 radical (unpaired) electrons. The number of unbranched alkanes of at least 4 members (excludes halogenated alkanes) is 1. The molecule has 3 amide bonds. The van der Waals surface area contributed by atoms with Crippen molar-refractivity contribution in [2.45, 2.75) is 56.3 Å². The quantitative estimate of drug-likeness (QED) is 0.0733. The third-order valence-electron chi connectivity index (χ3n) is 11.8. The Morgan fingerprint density at radius 2 is 1.43 bits per heavy atom. The fourth-order valence-corrected chi connectivity index (χ4v) is 8.52. The number of hydroxylamine groups is 2. The van der Waals surface area contributed by atoms with Gasteiger partial charge in [-0.3, -0.25) is 23.8 Å². The number of anilines is 1. The van der Waals surface area contributed by atoms with Crippen molar-refractivity contribution in [1.29, 1.82) is 0 Å². The zero-order valence-corrected chi connectivity index (χ0v) is 35.9. The first-order valence-electron chi connectivity index (χ1n) is 21.3. The van der Waals surface area contributed by atoms with Gasteiger partial charge in [0.05, 0.1) is 38.3 Å². The van der Waals surface area contributed by atoms with Crippen LogP contribution in [0.1, 0.15) is 79.3 Å². The Hall–Kier alpha value is -7.30.